The molecule has 0 saturated heterocycles. The molecule has 0 saturated carbocycles. The lowest BCUT2D eigenvalue weighted by molar-refractivity contribution is 0.391. The summed E-state index contributed by atoms with van der Waals surface area (Å²) in [5, 5.41) is 2.90. The summed E-state index contributed by atoms with van der Waals surface area (Å²) in [5.74, 6) is 0.856. The molecule has 7 heteroatoms. The molecule has 1 N–H and O–H groups in total. The largest absolute Gasteiger partial charge is 0.497 e. The standard InChI is InChI=1S/C13H13FIN3O2/c1-19-9-4-3-8(10(5-9)20-2)6-16-13-12(14)18-11(15)7-17-13/h3-5,7H,6H2,1-2H3,(H,16,17). The zero-order valence-corrected chi connectivity index (χ0v) is 13.1. The highest BCUT2D eigenvalue weighted by atomic mass is 127. The normalized spacial score (nSPS) is 10.2. The van der Waals surface area contributed by atoms with Crippen LogP contribution < -0.4 is 14.8 Å². The van der Waals surface area contributed by atoms with Crippen molar-refractivity contribution in [2.75, 3.05) is 19.5 Å². The maximum Gasteiger partial charge on any atom is 0.256 e. The molecule has 0 spiro atoms. The summed E-state index contributed by atoms with van der Waals surface area (Å²) < 4.78 is 24.5. The van der Waals surface area contributed by atoms with Crippen LogP contribution in [0.4, 0.5) is 10.2 Å². The Kier molecular flexibility index (Phi) is 4.94. The van der Waals surface area contributed by atoms with Gasteiger partial charge < -0.3 is 14.8 Å². The minimum Gasteiger partial charge on any atom is -0.497 e. The van der Waals surface area contributed by atoms with E-state index in [0.717, 1.165) is 5.56 Å². The Hall–Kier alpha value is -1.64. The minimum atomic E-state index is -0.621. The lowest BCUT2D eigenvalue weighted by Crippen LogP contribution is -2.07. The van der Waals surface area contributed by atoms with E-state index >= 15 is 0 Å². The second-order valence-corrected chi connectivity index (χ2v) is 4.97. The number of ether oxygens (including phenoxy) is 2. The van der Waals surface area contributed by atoms with Crippen molar-refractivity contribution in [2.24, 2.45) is 0 Å². The summed E-state index contributed by atoms with van der Waals surface area (Å²) in [4.78, 5) is 7.66. The van der Waals surface area contributed by atoms with E-state index in [-0.39, 0.29) is 5.82 Å². The lowest BCUT2D eigenvalue weighted by atomic mass is 10.2. The zero-order chi connectivity index (χ0) is 14.5. The van der Waals surface area contributed by atoms with E-state index in [9.17, 15) is 4.39 Å². The number of benzene rings is 1. The number of nitrogens with zero attached hydrogens (tertiary/aromatic N) is 2. The van der Waals surface area contributed by atoms with Gasteiger partial charge in [-0.15, -0.1) is 0 Å². The van der Waals surface area contributed by atoms with Gasteiger partial charge in [-0.25, -0.2) is 9.97 Å². The molecule has 0 amide bonds. The average Bonchev–Trinajstić information content (AvgIpc) is 2.46. The summed E-state index contributed by atoms with van der Waals surface area (Å²) in [6, 6.07) is 5.44. The van der Waals surface area contributed by atoms with Crippen LogP contribution >= 0.6 is 22.6 Å². The first kappa shape index (κ1) is 14.8. The highest BCUT2D eigenvalue weighted by molar-refractivity contribution is 14.1. The van der Waals surface area contributed by atoms with Crippen molar-refractivity contribution in [2.45, 2.75) is 6.54 Å². The Morgan fingerprint density at radius 2 is 2.10 bits per heavy atom. The van der Waals surface area contributed by atoms with Crippen molar-refractivity contribution in [1.82, 2.24) is 9.97 Å². The Morgan fingerprint density at radius 1 is 1.30 bits per heavy atom. The summed E-state index contributed by atoms with van der Waals surface area (Å²) >= 11 is 1.91. The highest BCUT2D eigenvalue weighted by Crippen LogP contribution is 2.25. The molecule has 0 aliphatic heterocycles. The molecule has 0 unspecified atom stereocenters. The van der Waals surface area contributed by atoms with Crippen LogP contribution in [0.3, 0.4) is 0 Å². The van der Waals surface area contributed by atoms with Crippen molar-refractivity contribution in [1.29, 1.82) is 0 Å². The van der Waals surface area contributed by atoms with Crippen molar-refractivity contribution < 1.29 is 13.9 Å². The summed E-state index contributed by atoms with van der Waals surface area (Å²) in [5.41, 5.74) is 0.869. The van der Waals surface area contributed by atoms with Crippen molar-refractivity contribution in [3.05, 3.63) is 39.6 Å². The third-order valence-electron chi connectivity index (χ3n) is 2.64. The molecule has 20 heavy (non-hydrogen) atoms. The van der Waals surface area contributed by atoms with Gasteiger partial charge in [-0.1, -0.05) is 0 Å². The van der Waals surface area contributed by atoms with Crippen LogP contribution in [0.5, 0.6) is 11.5 Å². The quantitative estimate of drug-likeness (QED) is 0.798. The summed E-state index contributed by atoms with van der Waals surface area (Å²) in [7, 11) is 3.16. The average molecular weight is 389 g/mol. The number of hydrogen-bond acceptors (Lipinski definition) is 5. The van der Waals surface area contributed by atoms with Gasteiger partial charge in [0.05, 0.1) is 20.4 Å². The lowest BCUT2D eigenvalue weighted by Gasteiger charge is -2.11. The van der Waals surface area contributed by atoms with E-state index in [0.29, 0.717) is 21.7 Å². The zero-order valence-electron chi connectivity index (χ0n) is 11.0. The van der Waals surface area contributed by atoms with Gasteiger partial charge in [0.1, 0.15) is 15.2 Å². The molecule has 0 radical (unpaired) electrons. The molecule has 2 aromatic rings. The second kappa shape index (κ2) is 6.69. The number of aromatic nitrogens is 2. The molecular formula is C13H13FIN3O2. The molecule has 0 fully saturated rings. The Labute approximate surface area is 129 Å². The summed E-state index contributed by atoms with van der Waals surface area (Å²) in [6.07, 6.45) is 1.50. The molecule has 5 nitrogen and oxygen atoms in total. The summed E-state index contributed by atoms with van der Waals surface area (Å²) in [6.45, 7) is 0.374. The van der Waals surface area contributed by atoms with Gasteiger partial charge in [0.2, 0.25) is 0 Å². The van der Waals surface area contributed by atoms with Gasteiger partial charge in [-0.3, -0.25) is 0 Å². The maximum atomic E-state index is 13.6. The number of anilines is 1. The van der Waals surface area contributed by atoms with E-state index in [4.69, 9.17) is 9.47 Å². The Morgan fingerprint density at radius 3 is 2.75 bits per heavy atom. The number of nitrogens with one attached hydrogen (secondary N) is 1. The first-order valence-corrected chi connectivity index (χ1v) is 6.84. The van der Waals surface area contributed by atoms with E-state index in [1.54, 1.807) is 20.3 Å². The third-order valence-corrected chi connectivity index (χ3v) is 3.16. The fraction of sp³-hybridized carbons (Fsp3) is 0.231. The monoisotopic (exact) mass is 389 g/mol. The number of rotatable bonds is 5. The second-order valence-electron chi connectivity index (χ2n) is 3.86. The predicted molar refractivity (Wildman–Crippen MR) is 81.6 cm³/mol. The van der Waals surface area contributed by atoms with E-state index in [1.807, 2.05) is 34.7 Å². The molecule has 0 aliphatic rings. The highest BCUT2D eigenvalue weighted by Gasteiger charge is 2.09. The van der Waals surface area contributed by atoms with E-state index in [1.165, 1.54) is 6.20 Å². The smallest absolute Gasteiger partial charge is 0.256 e. The first-order chi connectivity index (χ1) is 9.63. The van der Waals surface area contributed by atoms with Crippen molar-refractivity contribution >= 4 is 28.4 Å². The van der Waals surface area contributed by atoms with Crippen LogP contribution in [-0.2, 0) is 6.54 Å². The van der Waals surface area contributed by atoms with Crippen molar-refractivity contribution in [3.63, 3.8) is 0 Å². The van der Waals surface area contributed by atoms with Gasteiger partial charge >= 0.3 is 0 Å². The van der Waals surface area contributed by atoms with Crippen molar-refractivity contribution in [3.8, 4) is 11.5 Å². The number of hydrogen-bond donors (Lipinski definition) is 1. The molecular weight excluding hydrogens is 376 g/mol. The molecule has 1 aromatic carbocycles. The molecule has 2 rings (SSSR count). The van der Waals surface area contributed by atoms with Crippen LogP contribution in [0.1, 0.15) is 5.56 Å². The maximum absolute atomic E-state index is 13.6. The molecule has 1 heterocycles. The Balaban J connectivity index is 2.14. The SMILES string of the molecule is COc1ccc(CNc2ncc(I)nc2F)c(OC)c1. The predicted octanol–water partition coefficient (Wildman–Crippen LogP) is 2.85. The van der Waals surface area contributed by atoms with Crippen LogP contribution in [-0.4, -0.2) is 24.2 Å². The van der Waals surface area contributed by atoms with Gasteiger partial charge in [0.25, 0.3) is 5.95 Å². The van der Waals surface area contributed by atoms with Gasteiger partial charge in [-0.2, -0.15) is 4.39 Å². The first-order valence-electron chi connectivity index (χ1n) is 5.77. The molecule has 0 aliphatic carbocycles. The van der Waals surface area contributed by atoms with Gasteiger partial charge in [-0.05, 0) is 34.7 Å². The minimum absolute atomic E-state index is 0.114. The Bertz CT molecular complexity index is 610. The van der Waals surface area contributed by atoms with Crippen LogP contribution in [0.2, 0.25) is 0 Å². The molecule has 0 atom stereocenters. The van der Waals surface area contributed by atoms with Gasteiger partial charge in [0, 0.05) is 18.2 Å². The van der Waals surface area contributed by atoms with Crippen LogP contribution in [0, 0.1) is 9.65 Å². The number of halogens is 2. The molecule has 106 valence electrons. The van der Waals surface area contributed by atoms with Gasteiger partial charge in [0.15, 0.2) is 5.82 Å². The fourth-order valence-corrected chi connectivity index (χ4v) is 1.99. The number of methoxy groups -OCH3 is 2. The van der Waals surface area contributed by atoms with Crippen LogP contribution in [0.15, 0.2) is 24.4 Å². The molecule has 1 aromatic heterocycles. The third kappa shape index (κ3) is 3.47. The van der Waals surface area contributed by atoms with E-state index < -0.39 is 5.95 Å². The topological polar surface area (TPSA) is 56.3 Å². The molecule has 0 bridgehead atoms. The fourth-order valence-electron chi connectivity index (χ4n) is 1.64. The van der Waals surface area contributed by atoms with E-state index in [2.05, 4.69) is 15.3 Å². The van der Waals surface area contributed by atoms with Crippen LogP contribution in [0.25, 0.3) is 0 Å².